The molecule has 1 rings (SSSR count). The molecule has 0 saturated carbocycles. The fourth-order valence-electron chi connectivity index (χ4n) is 1.77. The lowest BCUT2D eigenvalue weighted by Gasteiger charge is -2.22. The molecule has 0 spiro atoms. The Bertz CT molecular complexity index is 374. The molecule has 0 aliphatic carbocycles. The Hall–Kier alpha value is -0.610. The smallest absolute Gasteiger partial charge is 0.138 e. The number of carbonyl (C=O) groups excluding carboxylic acids is 1. The normalized spacial score (nSPS) is 12.7. The van der Waals surface area contributed by atoms with E-state index < -0.39 is 0 Å². The zero-order valence-electron chi connectivity index (χ0n) is 10.2. The van der Waals surface area contributed by atoms with E-state index in [0.29, 0.717) is 24.7 Å². The number of hydrogen-bond acceptors (Lipinski definition) is 3. The molecular formula is C13H18Cl2N2O. The molecule has 0 heterocycles. The highest BCUT2D eigenvalue weighted by atomic mass is 35.5. The van der Waals surface area contributed by atoms with Crippen molar-refractivity contribution in [3.63, 3.8) is 0 Å². The SMILES string of the molecule is NN(CCCl)[C@H](C=O)Cc1cccc(CCCl)c1. The van der Waals surface area contributed by atoms with Crippen LogP contribution in [0.25, 0.3) is 0 Å². The number of aryl methyl sites for hydroxylation is 1. The fraction of sp³-hybridized carbons (Fsp3) is 0.462. The Kier molecular flexibility index (Phi) is 7.28. The van der Waals surface area contributed by atoms with Gasteiger partial charge >= 0.3 is 0 Å². The second kappa shape index (κ2) is 8.48. The number of nitrogens with zero attached hydrogens (tertiary/aromatic N) is 1. The third-order valence-electron chi connectivity index (χ3n) is 2.75. The Morgan fingerprint density at radius 2 is 2.00 bits per heavy atom. The van der Waals surface area contributed by atoms with Gasteiger partial charge in [0.05, 0.1) is 6.04 Å². The average Bonchev–Trinajstić information content (AvgIpc) is 2.37. The van der Waals surface area contributed by atoms with Crippen LogP contribution in [0.4, 0.5) is 0 Å². The van der Waals surface area contributed by atoms with Gasteiger partial charge in [0, 0.05) is 18.3 Å². The first-order valence-corrected chi connectivity index (χ1v) is 6.94. The number of rotatable bonds is 8. The highest BCUT2D eigenvalue weighted by Gasteiger charge is 2.14. The summed E-state index contributed by atoms with van der Waals surface area (Å²) in [7, 11) is 0. The molecular weight excluding hydrogens is 271 g/mol. The van der Waals surface area contributed by atoms with E-state index >= 15 is 0 Å². The predicted molar refractivity (Wildman–Crippen MR) is 76.0 cm³/mol. The van der Waals surface area contributed by atoms with E-state index in [1.165, 1.54) is 10.6 Å². The van der Waals surface area contributed by atoms with Gasteiger partial charge in [0.25, 0.3) is 0 Å². The average molecular weight is 289 g/mol. The summed E-state index contributed by atoms with van der Waals surface area (Å²) in [5, 5.41) is 1.48. The molecule has 18 heavy (non-hydrogen) atoms. The van der Waals surface area contributed by atoms with Crippen LogP contribution in [0.2, 0.25) is 0 Å². The minimum atomic E-state index is -0.338. The molecule has 0 aliphatic heterocycles. The molecule has 1 aromatic rings. The van der Waals surface area contributed by atoms with Gasteiger partial charge in [-0.3, -0.25) is 5.84 Å². The maximum Gasteiger partial charge on any atom is 0.138 e. The minimum Gasteiger partial charge on any atom is -0.302 e. The molecule has 3 nitrogen and oxygen atoms in total. The van der Waals surface area contributed by atoms with Gasteiger partial charge in [-0.15, -0.1) is 23.2 Å². The molecule has 0 saturated heterocycles. The van der Waals surface area contributed by atoms with Crippen LogP contribution in [-0.2, 0) is 17.6 Å². The Labute approximate surface area is 118 Å². The zero-order valence-corrected chi connectivity index (χ0v) is 11.7. The monoisotopic (exact) mass is 288 g/mol. The van der Waals surface area contributed by atoms with Crippen molar-refractivity contribution in [2.75, 3.05) is 18.3 Å². The Morgan fingerprint density at radius 1 is 1.28 bits per heavy atom. The number of benzene rings is 1. The van der Waals surface area contributed by atoms with Crippen LogP contribution in [0.5, 0.6) is 0 Å². The molecule has 0 bridgehead atoms. The number of alkyl halides is 2. The summed E-state index contributed by atoms with van der Waals surface area (Å²) < 4.78 is 0. The lowest BCUT2D eigenvalue weighted by Crippen LogP contribution is -2.44. The van der Waals surface area contributed by atoms with Gasteiger partial charge in [-0.05, 0) is 24.0 Å². The van der Waals surface area contributed by atoms with Crippen molar-refractivity contribution in [2.24, 2.45) is 5.84 Å². The van der Waals surface area contributed by atoms with Crippen molar-refractivity contribution in [3.05, 3.63) is 35.4 Å². The summed E-state index contributed by atoms with van der Waals surface area (Å²) in [5.74, 6) is 6.78. The van der Waals surface area contributed by atoms with Crippen LogP contribution in [-0.4, -0.2) is 35.6 Å². The predicted octanol–water partition coefficient (Wildman–Crippen LogP) is 1.99. The third-order valence-corrected chi connectivity index (χ3v) is 3.10. The number of aldehydes is 1. The lowest BCUT2D eigenvalue weighted by molar-refractivity contribution is -0.112. The molecule has 0 fully saturated rings. The van der Waals surface area contributed by atoms with Crippen molar-refractivity contribution in [1.29, 1.82) is 0 Å². The molecule has 1 atom stereocenters. The maximum absolute atomic E-state index is 11.1. The molecule has 0 radical (unpaired) electrons. The van der Waals surface area contributed by atoms with Gasteiger partial charge in [-0.1, -0.05) is 24.3 Å². The highest BCUT2D eigenvalue weighted by molar-refractivity contribution is 6.18. The number of halogens is 2. The molecule has 0 unspecified atom stereocenters. The third kappa shape index (κ3) is 4.94. The molecule has 0 amide bonds. The molecule has 1 aromatic carbocycles. The van der Waals surface area contributed by atoms with Crippen LogP contribution < -0.4 is 5.84 Å². The van der Waals surface area contributed by atoms with Crippen molar-refractivity contribution >= 4 is 29.5 Å². The van der Waals surface area contributed by atoms with E-state index in [-0.39, 0.29) is 6.04 Å². The summed E-state index contributed by atoms with van der Waals surface area (Å²) >= 11 is 11.3. The largest absolute Gasteiger partial charge is 0.302 e. The first-order valence-electron chi connectivity index (χ1n) is 5.87. The van der Waals surface area contributed by atoms with Gasteiger partial charge < -0.3 is 4.79 Å². The van der Waals surface area contributed by atoms with Crippen LogP contribution in [0, 0.1) is 0 Å². The second-order valence-electron chi connectivity index (χ2n) is 4.09. The Balaban J connectivity index is 2.69. The van der Waals surface area contributed by atoms with E-state index in [1.807, 2.05) is 18.2 Å². The molecule has 100 valence electrons. The quantitative estimate of drug-likeness (QED) is 0.344. The standard InChI is InChI=1S/C13H18Cl2N2O/c14-5-4-11-2-1-3-12(8-11)9-13(10-18)17(16)7-6-15/h1-3,8,10,13H,4-7,9,16H2/t13-/m0/s1. The molecule has 0 aromatic heterocycles. The minimum absolute atomic E-state index is 0.338. The summed E-state index contributed by atoms with van der Waals surface area (Å²) in [5.41, 5.74) is 2.26. The van der Waals surface area contributed by atoms with E-state index in [9.17, 15) is 4.79 Å². The number of carbonyl (C=O) groups is 1. The zero-order chi connectivity index (χ0) is 13.4. The van der Waals surface area contributed by atoms with Crippen LogP contribution in [0.15, 0.2) is 24.3 Å². The number of hydrazine groups is 1. The van der Waals surface area contributed by atoms with Gasteiger partial charge in [0.2, 0.25) is 0 Å². The Morgan fingerprint density at radius 3 is 2.61 bits per heavy atom. The summed E-state index contributed by atoms with van der Waals surface area (Å²) in [6.45, 7) is 0.492. The molecule has 0 aliphatic rings. The number of nitrogens with two attached hydrogens (primary N) is 1. The molecule has 5 heteroatoms. The lowest BCUT2D eigenvalue weighted by atomic mass is 10.0. The van der Waals surface area contributed by atoms with E-state index in [0.717, 1.165) is 18.3 Å². The topological polar surface area (TPSA) is 46.3 Å². The summed E-state index contributed by atoms with van der Waals surface area (Å²) in [6, 6.07) is 7.72. The second-order valence-corrected chi connectivity index (χ2v) is 4.85. The highest BCUT2D eigenvalue weighted by Crippen LogP contribution is 2.10. The van der Waals surface area contributed by atoms with Crippen molar-refractivity contribution in [3.8, 4) is 0 Å². The first kappa shape index (κ1) is 15.4. The van der Waals surface area contributed by atoms with Crippen molar-refractivity contribution in [2.45, 2.75) is 18.9 Å². The van der Waals surface area contributed by atoms with E-state index in [2.05, 4.69) is 6.07 Å². The summed E-state index contributed by atoms with van der Waals surface area (Å²) in [6.07, 6.45) is 2.28. The fourth-order valence-corrected chi connectivity index (χ4v) is 2.18. The van der Waals surface area contributed by atoms with E-state index in [1.54, 1.807) is 0 Å². The van der Waals surface area contributed by atoms with Crippen molar-refractivity contribution in [1.82, 2.24) is 5.01 Å². The van der Waals surface area contributed by atoms with Crippen LogP contribution >= 0.6 is 23.2 Å². The molecule has 2 N–H and O–H groups in total. The van der Waals surface area contributed by atoms with Gasteiger partial charge in [0.1, 0.15) is 6.29 Å². The van der Waals surface area contributed by atoms with E-state index in [4.69, 9.17) is 29.0 Å². The van der Waals surface area contributed by atoms with Crippen molar-refractivity contribution < 1.29 is 4.79 Å². The van der Waals surface area contributed by atoms with Crippen LogP contribution in [0.3, 0.4) is 0 Å². The van der Waals surface area contributed by atoms with Gasteiger partial charge in [-0.25, -0.2) is 5.01 Å². The maximum atomic E-state index is 11.1. The van der Waals surface area contributed by atoms with Crippen LogP contribution in [0.1, 0.15) is 11.1 Å². The first-order chi connectivity index (χ1) is 8.71. The summed E-state index contributed by atoms with van der Waals surface area (Å²) in [4.78, 5) is 11.1. The van der Waals surface area contributed by atoms with Gasteiger partial charge in [0.15, 0.2) is 0 Å². The van der Waals surface area contributed by atoms with Gasteiger partial charge in [-0.2, -0.15) is 0 Å². The number of hydrogen-bond donors (Lipinski definition) is 1.